The van der Waals surface area contributed by atoms with Crippen molar-refractivity contribution >= 4 is 40.3 Å². The number of imidazole rings is 1. The van der Waals surface area contributed by atoms with Crippen LogP contribution in [0.2, 0.25) is 10.0 Å². The normalized spacial score (nSPS) is 11.3. The molecule has 0 atom stereocenters. The number of rotatable bonds is 6. The van der Waals surface area contributed by atoms with Gasteiger partial charge in [-0.1, -0.05) is 41.4 Å². The second kappa shape index (κ2) is 8.80. The Labute approximate surface area is 192 Å². The minimum absolute atomic E-state index is 0.191. The van der Waals surface area contributed by atoms with Crippen LogP contribution in [0.3, 0.4) is 0 Å². The maximum Gasteiger partial charge on any atom is 0.332 e. The lowest BCUT2D eigenvalue weighted by Gasteiger charge is -2.12. The second-order valence-electron chi connectivity index (χ2n) is 7.41. The first-order valence-corrected chi connectivity index (χ1v) is 10.6. The highest BCUT2D eigenvalue weighted by molar-refractivity contribution is 6.36. The molecule has 10 heteroatoms. The largest absolute Gasteiger partial charge is 0.355 e. The summed E-state index contributed by atoms with van der Waals surface area (Å²) in [5, 5.41) is 4.33. The number of aromatic nitrogens is 4. The molecule has 2 aromatic heterocycles. The van der Waals surface area contributed by atoms with Gasteiger partial charge in [0.1, 0.15) is 5.82 Å². The third-order valence-electron chi connectivity index (χ3n) is 5.30. The third kappa shape index (κ3) is 4.03. The van der Waals surface area contributed by atoms with E-state index in [1.165, 1.54) is 23.7 Å². The zero-order valence-corrected chi connectivity index (χ0v) is 18.9. The Kier molecular flexibility index (Phi) is 6.08. The van der Waals surface area contributed by atoms with Gasteiger partial charge in [0.2, 0.25) is 5.95 Å². The van der Waals surface area contributed by atoms with Gasteiger partial charge in [0.05, 0.1) is 6.54 Å². The highest BCUT2D eigenvalue weighted by Gasteiger charge is 2.19. The van der Waals surface area contributed by atoms with Crippen LogP contribution in [0.4, 0.5) is 10.3 Å². The molecule has 4 rings (SSSR count). The van der Waals surface area contributed by atoms with E-state index in [2.05, 4.69) is 10.3 Å². The quantitative estimate of drug-likeness (QED) is 0.462. The van der Waals surface area contributed by atoms with Gasteiger partial charge in [-0.25, -0.2) is 9.18 Å². The van der Waals surface area contributed by atoms with Crippen LogP contribution in [0.15, 0.2) is 52.1 Å². The number of aryl methyl sites for hydroxylation is 1. The zero-order valence-electron chi connectivity index (χ0n) is 17.4. The average molecular weight is 476 g/mol. The second-order valence-corrected chi connectivity index (χ2v) is 8.22. The van der Waals surface area contributed by atoms with Crippen molar-refractivity contribution in [3.63, 3.8) is 0 Å². The van der Waals surface area contributed by atoms with Crippen molar-refractivity contribution in [2.45, 2.75) is 13.0 Å². The van der Waals surface area contributed by atoms with E-state index >= 15 is 0 Å². The molecule has 2 aromatic carbocycles. The summed E-state index contributed by atoms with van der Waals surface area (Å²) in [6, 6.07) is 11.4. The lowest BCUT2D eigenvalue weighted by atomic mass is 10.1. The van der Waals surface area contributed by atoms with Crippen molar-refractivity contribution < 1.29 is 4.39 Å². The summed E-state index contributed by atoms with van der Waals surface area (Å²) in [7, 11) is 2.97. The fourth-order valence-electron chi connectivity index (χ4n) is 3.62. The van der Waals surface area contributed by atoms with E-state index in [9.17, 15) is 14.0 Å². The SMILES string of the molecule is Cn1c(=O)c2c(nc(NCCc3c(Cl)cccc3Cl)n2Cc2cccc(F)c2)n(C)c1=O. The van der Waals surface area contributed by atoms with E-state index in [-0.39, 0.29) is 23.5 Å². The molecule has 2 heterocycles. The van der Waals surface area contributed by atoms with E-state index in [1.54, 1.807) is 41.9 Å². The van der Waals surface area contributed by atoms with Crippen molar-refractivity contribution in [1.29, 1.82) is 0 Å². The summed E-state index contributed by atoms with van der Waals surface area (Å²) < 4.78 is 17.8. The van der Waals surface area contributed by atoms with Crippen LogP contribution < -0.4 is 16.6 Å². The zero-order chi connectivity index (χ0) is 23.0. The summed E-state index contributed by atoms with van der Waals surface area (Å²) in [5.74, 6) is 0.000770. The molecule has 0 fully saturated rings. The molecule has 1 N–H and O–H groups in total. The van der Waals surface area contributed by atoms with Crippen LogP contribution >= 0.6 is 23.2 Å². The van der Waals surface area contributed by atoms with E-state index in [4.69, 9.17) is 23.2 Å². The van der Waals surface area contributed by atoms with Gasteiger partial charge in [-0.05, 0) is 41.8 Å². The first kappa shape index (κ1) is 22.1. The van der Waals surface area contributed by atoms with Crippen LogP contribution in [-0.2, 0) is 27.1 Å². The number of fused-ring (bicyclic) bond motifs is 1. The Bertz CT molecular complexity index is 1420. The Hall–Kier alpha value is -3.10. The fourth-order valence-corrected chi connectivity index (χ4v) is 4.21. The van der Waals surface area contributed by atoms with Crippen LogP contribution in [-0.4, -0.2) is 25.2 Å². The van der Waals surface area contributed by atoms with Gasteiger partial charge < -0.3 is 5.32 Å². The van der Waals surface area contributed by atoms with Gasteiger partial charge in [-0.2, -0.15) is 4.98 Å². The monoisotopic (exact) mass is 475 g/mol. The summed E-state index contributed by atoms with van der Waals surface area (Å²) in [5.41, 5.74) is 0.975. The minimum atomic E-state index is -0.479. The summed E-state index contributed by atoms with van der Waals surface area (Å²) in [6.45, 7) is 0.612. The van der Waals surface area contributed by atoms with Crippen LogP contribution in [0, 0.1) is 5.82 Å². The lowest BCUT2D eigenvalue weighted by Crippen LogP contribution is -2.37. The number of benzene rings is 2. The van der Waals surface area contributed by atoms with E-state index in [0.29, 0.717) is 34.5 Å². The highest BCUT2D eigenvalue weighted by atomic mass is 35.5. The van der Waals surface area contributed by atoms with Crippen molar-refractivity contribution in [2.75, 3.05) is 11.9 Å². The smallest absolute Gasteiger partial charge is 0.332 e. The fraction of sp³-hybridized carbons (Fsp3) is 0.227. The van der Waals surface area contributed by atoms with Crippen LogP contribution in [0.25, 0.3) is 11.2 Å². The topological polar surface area (TPSA) is 73.8 Å². The number of nitrogens with zero attached hydrogens (tertiary/aromatic N) is 4. The third-order valence-corrected chi connectivity index (χ3v) is 6.01. The molecule has 0 radical (unpaired) electrons. The Morgan fingerprint density at radius 2 is 1.72 bits per heavy atom. The molecule has 0 amide bonds. The number of anilines is 1. The van der Waals surface area contributed by atoms with Gasteiger partial charge in [0.25, 0.3) is 5.56 Å². The summed E-state index contributed by atoms with van der Waals surface area (Å²) in [4.78, 5) is 29.8. The maximum atomic E-state index is 13.8. The van der Waals surface area contributed by atoms with Crippen LogP contribution in [0.5, 0.6) is 0 Å². The van der Waals surface area contributed by atoms with Crippen molar-refractivity contribution in [2.24, 2.45) is 14.1 Å². The van der Waals surface area contributed by atoms with Crippen LogP contribution in [0.1, 0.15) is 11.1 Å². The molecule has 7 nitrogen and oxygen atoms in total. The van der Waals surface area contributed by atoms with Gasteiger partial charge in [-0.15, -0.1) is 0 Å². The molecule has 0 saturated heterocycles. The molecule has 0 unspecified atom stereocenters. The van der Waals surface area contributed by atoms with Gasteiger partial charge >= 0.3 is 5.69 Å². The molecular weight excluding hydrogens is 456 g/mol. The molecule has 0 aliphatic heterocycles. The summed E-state index contributed by atoms with van der Waals surface area (Å²) >= 11 is 12.5. The molecule has 0 aliphatic rings. The predicted molar refractivity (Wildman–Crippen MR) is 124 cm³/mol. The first-order chi connectivity index (χ1) is 15.3. The number of hydrogen-bond donors (Lipinski definition) is 1. The molecular formula is C22H20Cl2FN5O2. The van der Waals surface area contributed by atoms with E-state index in [0.717, 1.165) is 10.1 Å². The van der Waals surface area contributed by atoms with Gasteiger partial charge in [0.15, 0.2) is 11.2 Å². The standard InChI is InChI=1S/C22H20Cl2FN5O2/c1-28-19-18(20(31)29(2)22(28)32)30(12-13-5-3-6-14(25)11-13)21(27-19)26-10-9-15-16(23)7-4-8-17(15)24/h3-8,11H,9-10,12H2,1-2H3,(H,26,27). The Balaban J connectivity index is 1.77. The number of hydrogen-bond acceptors (Lipinski definition) is 4. The molecule has 4 aromatic rings. The molecule has 0 aliphatic carbocycles. The highest BCUT2D eigenvalue weighted by Crippen LogP contribution is 2.25. The number of nitrogens with one attached hydrogen (secondary N) is 1. The summed E-state index contributed by atoms with van der Waals surface area (Å²) in [6.07, 6.45) is 0.513. The molecule has 32 heavy (non-hydrogen) atoms. The lowest BCUT2D eigenvalue weighted by molar-refractivity contribution is 0.624. The molecule has 166 valence electrons. The predicted octanol–water partition coefficient (Wildman–Crippen LogP) is 3.58. The van der Waals surface area contributed by atoms with E-state index < -0.39 is 11.2 Å². The average Bonchev–Trinajstić information content (AvgIpc) is 3.11. The maximum absolute atomic E-state index is 13.8. The van der Waals surface area contributed by atoms with E-state index in [1.807, 2.05) is 0 Å². The minimum Gasteiger partial charge on any atom is -0.355 e. The molecule has 0 spiro atoms. The van der Waals surface area contributed by atoms with Gasteiger partial charge in [0, 0.05) is 30.7 Å². The van der Waals surface area contributed by atoms with Crippen molar-refractivity contribution in [1.82, 2.24) is 18.7 Å². The number of halogens is 3. The molecule has 0 bridgehead atoms. The van der Waals surface area contributed by atoms with Gasteiger partial charge in [-0.3, -0.25) is 18.5 Å². The first-order valence-electron chi connectivity index (χ1n) is 9.85. The Morgan fingerprint density at radius 3 is 2.41 bits per heavy atom. The Morgan fingerprint density at radius 1 is 1.03 bits per heavy atom. The van der Waals surface area contributed by atoms with Crippen molar-refractivity contribution in [3.8, 4) is 0 Å². The van der Waals surface area contributed by atoms with Crippen molar-refractivity contribution in [3.05, 3.63) is 90.3 Å². The molecule has 0 saturated carbocycles.